The number of nitrogens with one attached hydrogen (secondary N) is 1. The van der Waals surface area contributed by atoms with Crippen LogP contribution in [0.15, 0.2) is 34.7 Å². The predicted molar refractivity (Wildman–Crippen MR) is 89.3 cm³/mol. The Morgan fingerprint density at radius 3 is 2.40 bits per heavy atom. The van der Waals surface area contributed by atoms with Crippen molar-refractivity contribution < 1.29 is 28.6 Å². The molecular formula is C18H19NO6. The Hall–Kier alpha value is -2.93. The monoisotopic (exact) mass is 345 g/mol. The van der Waals surface area contributed by atoms with Crippen LogP contribution >= 0.6 is 0 Å². The van der Waals surface area contributed by atoms with Crippen molar-refractivity contribution >= 4 is 23.3 Å². The van der Waals surface area contributed by atoms with Crippen molar-refractivity contribution in [3.8, 4) is 0 Å². The minimum absolute atomic E-state index is 0.171. The van der Waals surface area contributed by atoms with Gasteiger partial charge in [-0.3, -0.25) is 9.59 Å². The van der Waals surface area contributed by atoms with E-state index in [-0.39, 0.29) is 29.6 Å². The maximum absolute atomic E-state index is 12.4. The number of esters is 1. The van der Waals surface area contributed by atoms with Crippen LogP contribution in [0.4, 0.5) is 5.69 Å². The molecule has 1 amide bonds. The molecule has 0 aliphatic carbocycles. The molecule has 0 aliphatic rings. The summed E-state index contributed by atoms with van der Waals surface area (Å²) in [6, 6.07) is 7.67. The molecule has 7 nitrogen and oxygen atoms in total. The molecule has 0 saturated carbocycles. The van der Waals surface area contributed by atoms with Gasteiger partial charge in [0.1, 0.15) is 23.7 Å². The lowest BCUT2D eigenvalue weighted by molar-refractivity contribution is -0.114. The minimum Gasteiger partial charge on any atom is -0.463 e. The van der Waals surface area contributed by atoms with Gasteiger partial charge in [0.2, 0.25) is 11.7 Å². The molecule has 2 rings (SSSR count). The number of anilines is 1. The number of ether oxygens (including phenoxy) is 1. The predicted octanol–water partition coefficient (Wildman–Crippen LogP) is 2.47. The summed E-state index contributed by atoms with van der Waals surface area (Å²) in [6.45, 7) is 4.11. The van der Waals surface area contributed by atoms with Gasteiger partial charge in [-0.2, -0.15) is 0 Å². The van der Waals surface area contributed by atoms with Crippen LogP contribution in [-0.4, -0.2) is 28.9 Å². The number of rotatable bonds is 6. The highest BCUT2D eigenvalue weighted by molar-refractivity contribution is 6.02. The summed E-state index contributed by atoms with van der Waals surface area (Å²) >= 11 is 0. The van der Waals surface area contributed by atoms with Crippen molar-refractivity contribution in [1.82, 2.24) is 0 Å². The number of hydrogen-bond acceptors (Lipinski definition) is 6. The van der Waals surface area contributed by atoms with Crippen LogP contribution in [0.3, 0.4) is 0 Å². The Labute approximate surface area is 144 Å². The third-order valence-corrected chi connectivity index (χ3v) is 3.49. The van der Waals surface area contributed by atoms with E-state index in [9.17, 15) is 14.4 Å². The van der Waals surface area contributed by atoms with Gasteiger partial charge in [0.05, 0.1) is 0 Å². The Morgan fingerprint density at radius 1 is 1.24 bits per heavy atom. The molecule has 0 bridgehead atoms. The smallest absolute Gasteiger partial charge is 0.342 e. The summed E-state index contributed by atoms with van der Waals surface area (Å²) in [6.07, 6.45) is -0.994. The summed E-state index contributed by atoms with van der Waals surface area (Å²) in [4.78, 5) is 35.5. The molecule has 0 spiro atoms. The molecule has 0 fully saturated rings. The Morgan fingerprint density at radius 2 is 1.88 bits per heavy atom. The summed E-state index contributed by atoms with van der Waals surface area (Å²) in [7, 11) is 0. The number of benzene rings is 1. The van der Waals surface area contributed by atoms with Crippen LogP contribution < -0.4 is 5.32 Å². The van der Waals surface area contributed by atoms with Crippen LogP contribution in [0.1, 0.15) is 46.1 Å². The Balaban J connectivity index is 2.05. The molecule has 0 unspecified atom stereocenters. The zero-order chi connectivity index (χ0) is 18.6. The second-order valence-electron chi connectivity index (χ2n) is 5.51. The third-order valence-electron chi connectivity index (χ3n) is 3.49. The van der Waals surface area contributed by atoms with E-state index in [1.165, 1.54) is 19.9 Å². The maximum atomic E-state index is 12.4. The van der Waals surface area contributed by atoms with Gasteiger partial charge in [-0.15, -0.1) is 0 Å². The fourth-order valence-electron chi connectivity index (χ4n) is 2.26. The van der Waals surface area contributed by atoms with Gasteiger partial charge < -0.3 is 19.6 Å². The highest BCUT2D eigenvalue weighted by Crippen LogP contribution is 2.18. The summed E-state index contributed by atoms with van der Waals surface area (Å²) in [5.74, 6) is -0.715. The normalized spacial score (nSPS) is 11.7. The first kappa shape index (κ1) is 18.4. The first-order chi connectivity index (χ1) is 11.8. The fraction of sp³-hybridized carbons (Fsp3) is 0.278. The number of carbonyl (C=O) groups is 3. The molecule has 1 atom stereocenters. The van der Waals surface area contributed by atoms with Crippen LogP contribution in [0.25, 0.3) is 0 Å². The molecule has 1 aromatic heterocycles. The highest BCUT2D eigenvalue weighted by Gasteiger charge is 2.23. The van der Waals surface area contributed by atoms with Crippen molar-refractivity contribution in [2.75, 3.05) is 5.32 Å². The molecule has 132 valence electrons. The van der Waals surface area contributed by atoms with E-state index in [4.69, 9.17) is 14.3 Å². The molecule has 0 radical (unpaired) electrons. The lowest BCUT2D eigenvalue weighted by Crippen LogP contribution is -2.24. The van der Waals surface area contributed by atoms with E-state index < -0.39 is 12.1 Å². The zero-order valence-electron chi connectivity index (χ0n) is 14.2. The average molecular weight is 345 g/mol. The van der Waals surface area contributed by atoms with E-state index in [2.05, 4.69) is 5.32 Å². The number of ketones is 1. The van der Waals surface area contributed by atoms with Crippen LogP contribution in [0.2, 0.25) is 0 Å². The van der Waals surface area contributed by atoms with Crippen molar-refractivity contribution in [3.63, 3.8) is 0 Å². The molecular weight excluding hydrogens is 326 g/mol. The topological polar surface area (TPSA) is 106 Å². The van der Waals surface area contributed by atoms with E-state index >= 15 is 0 Å². The first-order valence-electron chi connectivity index (χ1n) is 7.64. The number of carbonyl (C=O) groups excluding carboxylic acids is 3. The summed E-state index contributed by atoms with van der Waals surface area (Å²) in [5, 5.41) is 11.6. The van der Waals surface area contributed by atoms with Gasteiger partial charge in [-0.25, -0.2) is 4.79 Å². The van der Waals surface area contributed by atoms with Crippen molar-refractivity contribution in [2.45, 2.75) is 33.5 Å². The second kappa shape index (κ2) is 7.76. The molecule has 25 heavy (non-hydrogen) atoms. The lowest BCUT2D eigenvalue weighted by Gasteiger charge is -2.12. The SMILES string of the molecule is CC(=O)Nc1ccc(C(=O)[C@H](C)OC(=O)c2cc(CO)oc2C)cc1. The van der Waals surface area contributed by atoms with E-state index in [1.807, 2.05) is 0 Å². The van der Waals surface area contributed by atoms with Crippen molar-refractivity contribution in [2.24, 2.45) is 0 Å². The largest absolute Gasteiger partial charge is 0.463 e. The molecule has 2 aromatic rings. The average Bonchev–Trinajstić information content (AvgIpc) is 2.95. The van der Waals surface area contributed by atoms with E-state index in [0.29, 0.717) is 17.0 Å². The van der Waals surface area contributed by atoms with Gasteiger partial charge in [-0.05, 0) is 44.2 Å². The van der Waals surface area contributed by atoms with Crippen LogP contribution in [0.5, 0.6) is 0 Å². The Kier molecular flexibility index (Phi) is 5.71. The molecule has 1 aromatic carbocycles. The molecule has 1 heterocycles. The number of amides is 1. The third kappa shape index (κ3) is 4.54. The first-order valence-corrected chi connectivity index (χ1v) is 7.64. The van der Waals surface area contributed by atoms with Crippen molar-refractivity contribution in [3.05, 3.63) is 53.0 Å². The summed E-state index contributed by atoms with van der Waals surface area (Å²) in [5.41, 5.74) is 1.10. The quantitative estimate of drug-likeness (QED) is 0.615. The fourth-order valence-corrected chi connectivity index (χ4v) is 2.26. The van der Waals surface area contributed by atoms with Gasteiger partial charge in [0.15, 0.2) is 6.10 Å². The number of Topliss-reactive ketones (excluding diaryl/α,β-unsaturated/α-hetero) is 1. The Bertz CT molecular complexity index is 790. The van der Waals surface area contributed by atoms with E-state index in [0.717, 1.165) is 0 Å². The number of furan rings is 1. The lowest BCUT2D eigenvalue weighted by atomic mass is 10.1. The molecule has 0 aliphatic heterocycles. The summed E-state index contributed by atoms with van der Waals surface area (Å²) < 4.78 is 10.4. The molecule has 7 heteroatoms. The molecule has 0 saturated heterocycles. The zero-order valence-corrected chi connectivity index (χ0v) is 14.2. The van der Waals surface area contributed by atoms with Crippen LogP contribution in [-0.2, 0) is 16.1 Å². The van der Waals surface area contributed by atoms with Gasteiger partial charge in [0, 0.05) is 18.2 Å². The van der Waals surface area contributed by atoms with E-state index in [1.54, 1.807) is 31.2 Å². The highest BCUT2D eigenvalue weighted by atomic mass is 16.5. The molecule has 2 N–H and O–H groups in total. The number of aliphatic hydroxyl groups is 1. The van der Waals surface area contributed by atoms with Gasteiger partial charge >= 0.3 is 5.97 Å². The van der Waals surface area contributed by atoms with Crippen molar-refractivity contribution in [1.29, 1.82) is 0 Å². The number of aryl methyl sites for hydroxylation is 1. The maximum Gasteiger partial charge on any atom is 0.342 e. The van der Waals surface area contributed by atoms with Crippen LogP contribution in [0, 0.1) is 6.92 Å². The number of aliphatic hydroxyl groups excluding tert-OH is 1. The van der Waals surface area contributed by atoms with Gasteiger partial charge in [0.25, 0.3) is 0 Å². The number of hydrogen-bond donors (Lipinski definition) is 2. The minimum atomic E-state index is -0.994. The second-order valence-corrected chi connectivity index (χ2v) is 5.51. The van der Waals surface area contributed by atoms with Gasteiger partial charge in [-0.1, -0.05) is 0 Å². The standard InChI is InChI=1S/C18H19NO6/c1-10-16(8-15(9-20)24-10)18(23)25-11(2)17(22)13-4-6-14(7-5-13)19-12(3)21/h4-8,11,20H,9H2,1-3H3,(H,19,21)/t11-/m0/s1.